The number of para-hydroxylation sites is 1. The van der Waals surface area contributed by atoms with Gasteiger partial charge < -0.3 is 15.0 Å². The van der Waals surface area contributed by atoms with Gasteiger partial charge in [-0.25, -0.2) is 4.39 Å². The highest BCUT2D eigenvalue weighted by atomic mass is 19.1. The zero-order valence-corrected chi connectivity index (χ0v) is 14.6. The number of ether oxygens (including phenoxy) is 1. The van der Waals surface area contributed by atoms with Crippen molar-refractivity contribution in [1.82, 2.24) is 0 Å². The average molecular weight is 356 g/mol. The van der Waals surface area contributed by atoms with Crippen LogP contribution in [0.25, 0.3) is 0 Å². The quantitative estimate of drug-likeness (QED) is 0.860. The van der Waals surface area contributed by atoms with Gasteiger partial charge in [0.25, 0.3) is 0 Å². The molecule has 3 rings (SSSR count). The van der Waals surface area contributed by atoms with Gasteiger partial charge in [-0.3, -0.25) is 9.59 Å². The second-order valence-corrected chi connectivity index (χ2v) is 6.22. The fourth-order valence-corrected chi connectivity index (χ4v) is 2.87. The minimum absolute atomic E-state index is 0.106. The molecule has 0 aliphatic carbocycles. The number of nitrogens with one attached hydrogen (secondary N) is 1. The number of halogens is 1. The average Bonchev–Trinajstić information content (AvgIpc) is 3.04. The highest BCUT2D eigenvalue weighted by Crippen LogP contribution is 2.28. The van der Waals surface area contributed by atoms with Gasteiger partial charge in [0.15, 0.2) is 0 Å². The number of carbonyl (C=O) groups is 2. The Morgan fingerprint density at radius 3 is 2.65 bits per heavy atom. The highest BCUT2D eigenvalue weighted by molar-refractivity contribution is 6.03. The summed E-state index contributed by atoms with van der Waals surface area (Å²) < 4.78 is 19.2. The maximum Gasteiger partial charge on any atom is 0.229 e. The van der Waals surface area contributed by atoms with Crippen molar-refractivity contribution in [2.75, 3.05) is 23.4 Å². The molecule has 5 nitrogen and oxygen atoms in total. The first-order valence-corrected chi connectivity index (χ1v) is 8.67. The summed E-state index contributed by atoms with van der Waals surface area (Å²) in [7, 11) is 0. The zero-order chi connectivity index (χ0) is 18.5. The molecular formula is C20H21FN2O3. The van der Waals surface area contributed by atoms with Crippen molar-refractivity contribution in [2.24, 2.45) is 5.92 Å². The molecular weight excluding hydrogens is 335 g/mol. The van der Waals surface area contributed by atoms with Crippen LogP contribution >= 0.6 is 0 Å². The van der Waals surface area contributed by atoms with Gasteiger partial charge in [0, 0.05) is 18.7 Å². The van der Waals surface area contributed by atoms with E-state index in [9.17, 15) is 14.0 Å². The lowest BCUT2D eigenvalue weighted by Gasteiger charge is -2.17. The SMILES string of the molecule is CCCOc1ccc(N2CC(C(=O)Nc3ccccc3F)CC2=O)cc1. The summed E-state index contributed by atoms with van der Waals surface area (Å²) in [6.07, 6.45) is 1.03. The monoisotopic (exact) mass is 356 g/mol. The zero-order valence-electron chi connectivity index (χ0n) is 14.6. The molecule has 0 radical (unpaired) electrons. The Labute approximate surface area is 151 Å². The lowest BCUT2D eigenvalue weighted by molar-refractivity contribution is -0.122. The van der Waals surface area contributed by atoms with E-state index in [4.69, 9.17) is 4.74 Å². The first-order valence-electron chi connectivity index (χ1n) is 8.67. The fourth-order valence-electron chi connectivity index (χ4n) is 2.87. The van der Waals surface area contributed by atoms with E-state index in [1.54, 1.807) is 29.2 Å². The summed E-state index contributed by atoms with van der Waals surface area (Å²) in [6.45, 7) is 2.94. The summed E-state index contributed by atoms with van der Waals surface area (Å²) in [5.74, 6) is -0.742. The number of hydrogen-bond donors (Lipinski definition) is 1. The van der Waals surface area contributed by atoms with Crippen LogP contribution in [0.1, 0.15) is 19.8 Å². The van der Waals surface area contributed by atoms with Crippen LogP contribution in [0.3, 0.4) is 0 Å². The molecule has 1 unspecified atom stereocenters. The molecule has 1 aliphatic rings. The largest absolute Gasteiger partial charge is 0.494 e. The van der Waals surface area contributed by atoms with Gasteiger partial charge in [0.2, 0.25) is 11.8 Å². The van der Waals surface area contributed by atoms with Gasteiger partial charge in [-0.15, -0.1) is 0 Å². The molecule has 1 aliphatic heterocycles. The van der Waals surface area contributed by atoms with Crippen LogP contribution in [0.5, 0.6) is 5.75 Å². The van der Waals surface area contributed by atoms with E-state index in [0.717, 1.165) is 17.9 Å². The molecule has 2 amide bonds. The number of amides is 2. The van der Waals surface area contributed by atoms with Crippen LogP contribution in [0.2, 0.25) is 0 Å². The Kier molecular flexibility index (Phi) is 5.51. The summed E-state index contributed by atoms with van der Waals surface area (Å²) in [4.78, 5) is 26.3. The summed E-state index contributed by atoms with van der Waals surface area (Å²) >= 11 is 0. The molecule has 0 bridgehead atoms. The first-order chi connectivity index (χ1) is 12.6. The van der Waals surface area contributed by atoms with Crippen molar-refractivity contribution in [3.8, 4) is 5.75 Å². The van der Waals surface area contributed by atoms with Gasteiger partial charge >= 0.3 is 0 Å². The van der Waals surface area contributed by atoms with Gasteiger partial charge in [0.1, 0.15) is 11.6 Å². The second-order valence-electron chi connectivity index (χ2n) is 6.22. The van der Waals surface area contributed by atoms with Crippen molar-refractivity contribution in [2.45, 2.75) is 19.8 Å². The van der Waals surface area contributed by atoms with Gasteiger partial charge in [-0.1, -0.05) is 19.1 Å². The van der Waals surface area contributed by atoms with Crippen molar-refractivity contribution in [1.29, 1.82) is 0 Å². The molecule has 6 heteroatoms. The van der Waals surface area contributed by atoms with Crippen molar-refractivity contribution in [3.05, 3.63) is 54.3 Å². The van der Waals surface area contributed by atoms with E-state index in [-0.39, 0.29) is 30.5 Å². The van der Waals surface area contributed by atoms with E-state index >= 15 is 0 Å². The lowest BCUT2D eigenvalue weighted by atomic mass is 10.1. The molecule has 2 aromatic carbocycles. The van der Waals surface area contributed by atoms with Gasteiger partial charge in [-0.05, 0) is 42.8 Å². The van der Waals surface area contributed by atoms with Crippen LogP contribution in [0, 0.1) is 11.7 Å². The summed E-state index contributed by atoms with van der Waals surface area (Å²) in [5, 5.41) is 2.56. The molecule has 26 heavy (non-hydrogen) atoms. The van der Waals surface area contributed by atoms with Crippen LogP contribution in [-0.4, -0.2) is 25.0 Å². The second kappa shape index (κ2) is 7.99. The van der Waals surface area contributed by atoms with Gasteiger partial charge in [-0.2, -0.15) is 0 Å². The van der Waals surface area contributed by atoms with E-state index in [0.29, 0.717) is 6.61 Å². The number of nitrogens with zero attached hydrogens (tertiary/aromatic N) is 1. The molecule has 1 N–H and O–H groups in total. The highest BCUT2D eigenvalue weighted by Gasteiger charge is 2.35. The Hall–Kier alpha value is -2.89. The molecule has 1 heterocycles. The van der Waals surface area contributed by atoms with Gasteiger partial charge in [0.05, 0.1) is 18.2 Å². The third-order valence-corrected chi connectivity index (χ3v) is 4.25. The minimum Gasteiger partial charge on any atom is -0.494 e. The molecule has 1 fully saturated rings. The number of rotatable bonds is 6. The first kappa shape index (κ1) is 17.9. The predicted octanol–water partition coefficient (Wildman–Crippen LogP) is 3.61. The summed E-state index contributed by atoms with van der Waals surface area (Å²) in [5.41, 5.74) is 0.848. The predicted molar refractivity (Wildman–Crippen MR) is 97.7 cm³/mol. The Balaban J connectivity index is 1.64. The van der Waals surface area contributed by atoms with Crippen molar-refractivity contribution >= 4 is 23.2 Å². The van der Waals surface area contributed by atoms with E-state index < -0.39 is 11.7 Å². The topological polar surface area (TPSA) is 58.6 Å². The number of hydrogen-bond acceptors (Lipinski definition) is 3. The molecule has 1 saturated heterocycles. The Bertz CT molecular complexity index is 792. The van der Waals surface area contributed by atoms with Crippen LogP contribution < -0.4 is 15.0 Å². The number of carbonyl (C=O) groups excluding carboxylic acids is 2. The maximum absolute atomic E-state index is 13.7. The Morgan fingerprint density at radius 2 is 1.96 bits per heavy atom. The summed E-state index contributed by atoms with van der Waals surface area (Å²) in [6, 6.07) is 13.2. The fraction of sp³-hybridized carbons (Fsp3) is 0.300. The van der Waals surface area contributed by atoms with E-state index in [1.807, 2.05) is 19.1 Å². The number of anilines is 2. The minimum atomic E-state index is -0.516. The molecule has 2 aromatic rings. The lowest BCUT2D eigenvalue weighted by Crippen LogP contribution is -2.28. The third kappa shape index (κ3) is 4.02. The molecule has 1 atom stereocenters. The molecule has 136 valence electrons. The smallest absolute Gasteiger partial charge is 0.229 e. The maximum atomic E-state index is 13.7. The normalized spacial score (nSPS) is 16.6. The van der Waals surface area contributed by atoms with Crippen LogP contribution in [0.15, 0.2) is 48.5 Å². The van der Waals surface area contributed by atoms with Crippen molar-refractivity contribution in [3.63, 3.8) is 0 Å². The van der Waals surface area contributed by atoms with Crippen LogP contribution in [0.4, 0.5) is 15.8 Å². The van der Waals surface area contributed by atoms with E-state index in [2.05, 4.69) is 5.32 Å². The van der Waals surface area contributed by atoms with Crippen molar-refractivity contribution < 1.29 is 18.7 Å². The molecule has 0 spiro atoms. The third-order valence-electron chi connectivity index (χ3n) is 4.25. The molecule has 0 aromatic heterocycles. The standard InChI is InChI=1S/C20H21FN2O3/c1-2-11-26-16-9-7-15(8-10-16)23-13-14(12-19(23)24)20(25)22-18-6-4-3-5-17(18)21/h3-10,14H,2,11-13H2,1H3,(H,22,25). The molecule has 0 saturated carbocycles. The Morgan fingerprint density at radius 1 is 1.23 bits per heavy atom. The number of benzene rings is 2. The van der Waals surface area contributed by atoms with E-state index in [1.165, 1.54) is 12.1 Å². The van der Waals surface area contributed by atoms with Crippen LogP contribution in [-0.2, 0) is 9.59 Å².